The van der Waals surface area contributed by atoms with Gasteiger partial charge in [-0.3, -0.25) is 9.59 Å². The molecule has 1 aliphatic heterocycles. The normalized spacial score (nSPS) is 17.5. The minimum absolute atomic E-state index is 0.0252. The number of benzene rings is 1. The fourth-order valence-corrected chi connectivity index (χ4v) is 2.66. The number of Topliss-reactive ketones (excluding diaryl/α,β-unsaturated/α-hetero) is 1. The number of quaternary nitrogens is 1. The number of hydrogen-bond donors (Lipinski definition) is 2. The van der Waals surface area contributed by atoms with Crippen LogP contribution in [0, 0.1) is 0 Å². The molecule has 108 valence electrons. The van der Waals surface area contributed by atoms with Crippen molar-refractivity contribution in [3.63, 3.8) is 0 Å². The lowest BCUT2D eigenvalue weighted by atomic mass is 10.1. The van der Waals surface area contributed by atoms with E-state index in [0.717, 1.165) is 18.8 Å². The molecule has 0 aromatic heterocycles. The highest BCUT2D eigenvalue weighted by atomic mass is 16.2. The summed E-state index contributed by atoms with van der Waals surface area (Å²) in [7, 11) is 0. The van der Waals surface area contributed by atoms with Gasteiger partial charge < -0.3 is 10.2 Å². The number of amides is 1. The van der Waals surface area contributed by atoms with Crippen LogP contribution in [0.4, 0.5) is 5.69 Å². The van der Waals surface area contributed by atoms with E-state index in [0.29, 0.717) is 5.56 Å². The summed E-state index contributed by atoms with van der Waals surface area (Å²) in [5.74, 6) is 0.0893. The van der Waals surface area contributed by atoms with Crippen LogP contribution in [0.15, 0.2) is 24.3 Å². The zero-order chi connectivity index (χ0) is 14.5. The minimum Gasteiger partial charge on any atom is -0.325 e. The molecule has 1 aromatic carbocycles. The Bertz CT molecular complexity index is 476. The largest absolute Gasteiger partial charge is 0.325 e. The topological polar surface area (TPSA) is 50.6 Å². The molecule has 0 unspecified atom stereocenters. The lowest BCUT2D eigenvalue weighted by molar-refractivity contribution is -0.918. The van der Waals surface area contributed by atoms with E-state index in [1.165, 1.54) is 31.1 Å². The van der Waals surface area contributed by atoms with Gasteiger partial charge in [-0.1, -0.05) is 0 Å². The van der Waals surface area contributed by atoms with Crippen molar-refractivity contribution in [1.29, 1.82) is 0 Å². The van der Waals surface area contributed by atoms with Gasteiger partial charge in [-0.25, -0.2) is 0 Å². The van der Waals surface area contributed by atoms with Crippen molar-refractivity contribution >= 4 is 17.4 Å². The molecule has 1 atom stereocenters. The van der Waals surface area contributed by atoms with Gasteiger partial charge in [0.2, 0.25) is 0 Å². The van der Waals surface area contributed by atoms with E-state index >= 15 is 0 Å². The second-order valence-corrected chi connectivity index (χ2v) is 5.56. The maximum absolute atomic E-state index is 12.2. The molecule has 2 rings (SSSR count). The number of nitrogens with one attached hydrogen (secondary N) is 2. The summed E-state index contributed by atoms with van der Waals surface area (Å²) < 4.78 is 0. The number of piperidine rings is 1. The van der Waals surface area contributed by atoms with Gasteiger partial charge in [0.05, 0.1) is 13.1 Å². The Morgan fingerprint density at radius 3 is 2.25 bits per heavy atom. The van der Waals surface area contributed by atoms with Crippen LogP contribution in [0.25, 0.3) is 0 Å². The average Bonchev–Trinajstić information content (AvgIpc) is 2.48. The molecular formula is C16H23N2O2+. The first-order valence-electron chi connectivity index (χ1n) is 7.34. The van der Waals surface area contributed by atoms with Crippen molar-refractivity contribution < 1.29 is 14.5 Å². The van der Waals surface area contributed by atoms with Crippen LogP contribution in [-0.4, -0.2) is 30.8 Å². The Morgan fingerprint density at radius 1 is 1.10 bits per heavy atom. The van der Waals surface area contributed by atoms with Crippen molar-refractivity contribution in [3.05, 3.63) is 29.8 Å². The second kappa shape index (κ2) is 6.66. The van der Waals surface area contributed by atoms with E-state index in [1.54, 1.807) is 24.3 Å². The number of anilines is 1. The van der Waals surface area contributed by atoms with Crippen LogP contribution in [0.5, 0.6) is 0 Å². The highest BCUT2D eigenvalue weighted by Gasteiger charge is 2.26. The van der Waals surface area contributed by atoms with E-state index in [1.807, 2.05) is 6.92 Å². The lowest BCUT2D eigenvalue weighted by Crippen LogP contribution is -3.17. The lowest BCUT2D eigenvalue weighted by Gasteiger charge is -2.28. The molecule has 0 radical (unpaired) electrons. The Labute approximate surface area is 120 Å². The monoisotopic (exact) mass is 275 g/mol. The van der Waals surface area contributed by atoms with Gasteiger partial charge in [0, 0.05) is 11.3 Å². The first-order chi connectivity index (χ1) is 9.58. The molecule has 0 bridgehead atoms. The van der Waals surface area contributed by atoms with Gasteiger partial charge in [-0.05, 0) is 57.4 Å². The highest BCUT2D eigenvalue weighted by Crippen LogP contribution is 2.10. The maximum Gasteiger partial charge on any atom is 0.282 e. The highest BCUT2D eigenvalue weighted by molar-refractivity contribution is 5.96. The van der Waals surface area contributed by atoms with E-state index in [9.17, 15) is 9.59 Å². The third kappa shape index (κ3) is 3.67. The summed E-state index contributed by atoms with van der Waals surface area (Å²) >= 11 is 0. The smallest absolute Gasteiger partial charge is 0.282 e. The predicted octanol–water partition coefficient (Wildman–Crippen LogP) is 1.28. The molecule has 20 heavy (non-hydrogen) atoms. The SMILES string of the molecule is CC(=O)c1ccc(NC(=O)[C@@H](C)[NH+]2CCCCC2)cc1. The van der Waals surface area contributed by atoms with Gasteiger partial charge in [-0.15, -0.1) is 0 Å². The molecule has 4 heteroatoms. The van der Waals surface area contributed by atoms with Gasteiger partial charge >= 0.3 is 0 Å². The number of rotatable bonds is 4. The molecule has 0 saturated carbocycles. The predicted molar refractivity (Wildman–Crippen MR) is 79.1 cm³/mol. The first kappa shape index (κ1) is 14.7. The number of ketones is 1. The molecule has 4 nitrogen and oxygen atoms in total. The van der Waals surface area contributed by atoms with Crippen LogP contribution >= 0.6 is 0 Å². The Balaban J connectivity index is 1.94. The van der Waals surface area contributed by atoms with Crippen molar-refractivity contribution in [2.24, 2.45) is 0 Å². The molecule has 1 aliphatic rings. The number of carbonyl (C=O) groups excluding carboxylic acids is 2. The van der Waals surface area contributed by atoms with E-state index in [-0.39, 0.29) is 17.7 Å². The Kier molecular flexibility index (Phi) is 4.90. The van der Waals surface area contributed by atoms with Crippen LogP contribution < -0.4 is 10.2 Å². The summed E-state index contributed by atoms with van der Waals surface area (Å²) in [5.41, 5.74) is 1.42. The van der Waals surface area contributed by atoms with Crippen molar-refractivity contribution in [1.82, 2.24) is 0 Å². The molecule has 0 spiro atoms. The quantitative estimate of drug-likeness (QED) is 0.813. The van der Waals surface area contributed by atoms with E-state index in [4.69, 9.17) is 0 Å². The van der Waals surface area contributed by atoms with Gasteiger partial charge in [0.1, 0.15) is 0 Å². The molecule has 1 heterocycles. The van der Waals surface area contributed by atoms with Crippen molar-refractivity contribution in [2.75, 3.05) is 18.4 Å². The molecule has 1 aromatic rings. The third-order valence-electron chi connectivity index (χ3n) is 4.06. The van der Waals surface area contributed by atoms with Crippen molar-refractivity contribution in [3.8, 4) is 0 Å². The number of likely N-dealkylation sites (tertiary alicyclic amines) is 1. The summed E-state index contributed by atoms with van der Waals surface area (Å²) in [5, 5.41) is 2.93. The summed E-state index contributed by atoms with van der Waals surface area (Å²) in [6.45, 7) is 5.69. The van der Waals surface area contributed by atoms with Crippen LogP contribution in [0.1, 0.15) is 43.5 Å². The molecule has 1 saturated heterocycles. The Morgan fingerprint density at radius 2 is 1.70 bits per heavy atom. The third-order valence-corrected chi connectivity index (χ3v) is 4.06. The second-order valence-electron chi connectivity index (χ2n) is 5.56. The first-order valence-corrected chi connectivity index (χ1v) is 7.34. The molecule has 1 amide bonds. The fourth-order valence-electron chi connectivity index (χ4n) is 2.66. The molecular weight excluding hydrogens is 252 g/mol. The van der Waals surface area contributed by atoms with E-state index in [2.05, 4.69) is 5.32 Å². The zero-order valence-electron chi connectivity index (χ0n) is 12.2. The number of carbonyl (C=O) groups is 2. The summed E-state index contributed by atoms with van der Waals surface area (Å²) in [6, 6.07) is 7.04. The van der Waals surface area contributed by atoms with Crippen LogP contribution in [0.3, 0.4) is 0 Å². The van der Waals surface area contributed by atoms with Gasteiger partial charge in [0.25, 0.3) is 5.91 Å². The van der Waals surface area contributed by atoms with Crippen LogP contribution in [0.2, 0.25) is 0 Å². The fraction of sp³-hybridized carbons (Fsp3) is 0.500. The molecule has 2 N–H and O–H groups in total. The minimum atomic E-state index is -0.0252. The van der Waals surface area contributed by atoms with Crippen LogP contribution in [-0.2, 0) is 4.79 Å². The summed E-state index contributed by atoms with van der Waals surface area (Å²) in [6.07, 6.45) is 3.70. The Hall–Kier alpha value is -1.68. The van der Waals surface area contributed by atoms with Gasteiger partial charge in [-0.2, -0.15) is 0 Å². The molecule has 1 fully saturated rings. The standard InChI is InChI=1S/C16H22N2O2/c1-12(18-10-4-3-5-11-18)16(20)17-15-8-6-14(7-9-15)13(2)19/h6-9,12H,3-5,10-11H2,1-2H3,(H,17,20)/p+1/t12-/m1/s1. The molecule has 0 aliphatic carbocycles. The summed E-state index contributed by atoms with van der Waals surface area (Å²) in [4.78, 5) is 24.8. The zero-order valence-corrected chi connectivity index (χ0v) is 12.2. The number of hydrogen-bond acceptors (Lipinski definition) is 2. The van der Waals surface area contributed by atoms with E-state index < -0.39 is 0 Å². The van der Waals surface area contributed by atoms with Crippen molar-refractivity contribution in [2.45, 2.75) is 39.2 Å². The average molecular weight is 275 g/mol. The van der Waals surface area contributed by atoms with Gasteiger partial charge in [0.15, 0.2) is 11.8 Å². The maximum atomic E-state index is 12.2.